The van der Waals surface area contributed by atoms with Crippen molar-refractivity contribution in [3.05, 3.63) is 34.7 Å². The lowest BCUT2D eigenvalue weighted by molar-refractivity contribution is -0.123. The molecule has 1 heterocycles. The van der Waals surface area contributed by atoms with Crippen LogP contribution < -0.4 is 4.74 Å². The molecule has 1 aromatic rings. The maximum Gasteiger partial charge on any atom is 0.293 e. The highest BCUT2D eigenvalue weighted by molar-refractivity contribution is 8.18. The molecule has 0 N–H and O–H groups in total. The summed E-state index contributed by atoms with van der Waals surface area (Å²) in [7, 11) is 1.54. The van der Waals surface area contributed by atoms with E-state index in [1.807, 2.05) is 38.1 Å². The van der Waals surface area contributed by atoms with Crippen LogP contribution in [0.4, 0.5) is 4.79 Å². The van der Waals surface area contributed by atoms with Crippen LogP contribution in [0.1, 0.15) is 19.4 Å². The molecule has 5 nitrogen and oxygen atoms in total. The highest BCUT2D eigenvalue weighted by Crippen LogP contribution is 2.32. The predicted molar refractivity (Wildman–Crippen MR) is 86.8 cm³/mol. The summed E-state index contributed by atoms with van der Waals surface area (Å²) in [5, 5.41) is -0.256. The fourth-order valence-electron chi connectivity index (χ4n) is 1.94. The zero-order chi connectivity index (χ0) is 16.1. The average Bonchev–Trinajstić information content (AvgIpc) is 2.73. The minimum absolute atomic E-state index is 0.114. The number of hydrogen-bond acceptors (Lipinski definition) is 5. The summed E-state index contributed by atoms with van der Waals surface area (Å²) >= 11 is 0.954. The minimum Gasteiger partial charge on any atom is -0.491 e. The molecule has 1 aliphatic rings. The summed E-state index contributed by atoms with van der Waals surface area (Å²) in [6, 6.07) is 7.42. The molecular formula is C16H19NO4S. The standard InChI is InChI=1S/C16H19NO4S/c1-11(2)21-13-6-4-12(5-7-13)10-14-15(18)17(8-9-20-3)16(19)22-14/h4-7,10-11H,8-9H2,1-3H3/b14-10+. The molecule has 22 heavy (non-hydrogen) atoms. The summed E-state index contributed by atoms with van der Waals surface area (Å²) in [6.07, 6.45) is 1.83. The van der Waals surface area contributed by atoms with E-state index in [2.05, 4.69) is 0 Å². The van der Waals surface area contributed by atoms with E-state index in [-0.39, 0.29) is 23.8 Å². The van der Waals surface area contributed by atoms with Gasteiger partial charge in [-0.15, -0.1) is 0 Å². The van der Waals surface area contributed by atoms with Crippen LogP contribution in [0.5, 0.6) is 5.75 Å². The molecule has 1 aliphatic heterocycles. The van der Waals surface area contributed by atoms with Crippen molar-refractivity contribution in [2.45, 2.75) is 20.0 Å². The van der Waals surface area contributed by atoms with E-state index in [9.17, 15) is 9.59 Å². The lowest BCUT2D eigenvalue weighted by atomic mass is 10.2. The highest BCUT2D eigenvalue weighted by atomic mass is 32.2. The van der Waals surface area contributed by atoms with Gasteiger partial charge >= 0.3 is 0 Å². The number of carbonyl (C=O) groups excluding carboxylic acids is 2. The Kier molecular flexibility index (Phi) is 5.63. The number of hydrogen-bond donors (Lipinski definition) is 0. The second-order valence-electron chi connectivity index (χ2n) is 5.06. The molecule has 2 rings (SSSR count). The molecule has 0 bridgehead atoms. The molecule has 0 aliphatic carbocycles. The maximum atomic E-state index is 12.2. The van der Waals surface area contributed by atoms with E-state index in [0.29, 0.717) is 11.5 Å². The van der Waals surface area contributed by atoms with Crippen molar-refractivity contribution < 1.29 is 19.1 Å². The van der Waals surface area contributed by atoms with Gasteiger partial charge in [0.05, 0.1) is 24.2 Å². The normalized spacial score (nSPS) is 16.9. The van der Waals surface area contributed by atoms with Gasteiger partial charge in [0, 0.05) is 7.11 Å². The molecule has 0 saturated carbocycles. The Morgan fingerprint density at radius 3 is 2.50 bits per heavy atom. The van der Waals surface area contributed by atoms with Gasteiger partial charge in [-0.2, -0.15) is 0 Å². The monoisotopic (exact) mass is 321 g/mol. The highest BCUT2D eigenvalue weighted by Gasteiger charge is 2.34. The number of nitrogens with zero attached hydrogens (tertiary/aromatic N) is 1. The van der Waals surface area contributed by atoms with Crippen LogP contribution in [-0.2, 0) is 9.53 Å². The Bertz CT molecular complexity index is 580. The second-order valence-corrected chi connectivity index (χ2v) is 6.05. The van der Waals surface area contributed by atoms with Crippen LogP contribution in [0.3, 0.4) is 0 Å². The lowest BCUT2D eigenvalue weighted by Gasteiger charge is -2.10. The first-order valence-corrected chi connectivity index (χ1v) is 7.84. The van der Waals surface area contributed by atoms with Crippen LogP contribution >= 0.6 is 11.8 Å². The zero-order valence-electron chi connectivity index (χ0n) is 12.9. The van der Waals surface area contributed by atoms with Crippen molar-refractivity contribution in [3.8, 4) is 5.75 Å². The molecule has 1 saturated heterocycles. The third-order valence-electron chi connectivity index (χ3n) is 2.94. The van der Waals surface area contributed by atoms with Gasteiger partial charge in [-0.1, -0.05) is 12.1 Å². The molecule has 118 valence electrons. The lowest BCUT2D eigenvalue weighted by Crippen LogP contribution is -2.31. The molecular weight excluding hydrogens is 302 g/mol. The van der Waals surface area contributed by atoms with Crippen molar-refractivity contribution in [1.29, 1.82) is 0 Å². The van der Waals surface area contributed by atoms with E-state index in [4.69, 9.17) is 9.47 Å². The van der Waals surface area contributed by atoms with Crippen LogP contribution in [0.25, 0.3) is 6.08 Å². The largest absolute Gasteiger partial charge is 0.491 e. The van der Waals surface area contributed by atoms with Crippen molar-refractivity contribution in [2.24, 2.45) is 0 Å². The van der Waals surface area contributed by atoms with E-state index < -0.39 is 0 Å². The number of imide groups is 1. The Hall–Kier alpha value is -1.79. The van der Waals surface area contributed by atoms with Gasteiger partial charge in [0.2, 0.25) is 0 Å². The minimum atomic E-state index is -0.269. The molecule has 1 aromatic carbocycles. The first-order valence-electron chi connectivity index (χ1n) is 7.02. The molecule has 0 radical (unpaired) electrons. The zero-order valence-corrected chi connectivity index (χ0v) is 13.7. The van der Waals surface area contributed by atoms with Gasteiger partial charge in [-0.05, 0) is 49.4 Å². The molecule has 0 unspecified atom stereocenters. The number of thioether (sulfide) groups is 1. The van der Waals surface area contributed by atoms with Crippen LogP contribution in [0, 0.1) is 0 Å². The number of benzene rings is 1. The molecule has 2 amide bonds. The number of rotatable bonds is 6. The van der Waals surface area contributed by atoms with Crippen LogP contribution in [0.2, 0.25) is 0 Å². The first-order chi connectivity index (χ1) is 10.5. The fraction of sp³-hybridized carbons (Fsp3) is 0.375. The number of ether oxygens (including phenoxy) is 2. The fourth-order valence-corrected chi connectivity index (χ4v) is 2.81. The van der Waals surface area contributed by atoms with E-state index in [0.717, 1.165) is 23.1 Å². The van der Waals surface area contributed by atoms with Crippen molar-refractivity contribution in [1.82, 2.24) is 4.90 Å². The Labute approximate surface area is 134 Å². The van der Waals surface area contributed by atoms with E-state index in [1.54, 1.807) is 6.08 Å². The van der Waals surface area contributed by atoms with Crippen molar-refractivity contribution in [2.75, 3.05) is 20.3 Å². The van der Waals surface area contributed by atoms with Gasteiger partial charge in [0.1, 0.15) is 5.75 Å². The molecule has 6 heteroatoms. The van der Waals surface area contributed by atoms with Crippen molar-refractivity contribution in [3.63, 3.8) is 0 Å². The average molecular weight is 321 g/mol. The topological polar surface area (TPSA) is 55.8 Å². The molecule has 1 fully saturated rings. The first kappa shape index (κ1) is 16.6. The van der Waals surface area contributed by atoms with E-state index in [1.165, 1.54) is 12.0 Å². The second kappa shape index (κ2) is 7.47. The van der Waals surface area contributed by atoms with Gasteiger partial charge < -0.3 is 9.47 Å². The number of methoxy groups -OCH3 is 1. The summed E-state index contributed by atoms with van der Waals surface area (Å²) in [4.78, 5) is 25.6. The Morgan fingerprint density at radius 2 is 1.91 bits per heavy atom. The van der Waals surface area contributed by atoms with Gasteiger partial charge in [-0.3, -0.25) is 14.5 Å². The van der Waals surface area contributed by atoms with Crippen LogP contribution in [-0.4, -0.2) is 42.4 Å². The van der Waals surface area contributed by atoms with Crippen LogP contribution in [0.15, 0.2) is 29.2 Å². The third-order valence-corrected chi connectivity index (χ3v) is 3.85. The smallest absolute Gasteiger partial charge is 0.293 e. The van der Waals surface area contributed by atoms with Gasteiger partial charge in [0.15, 0.2) is 0 Å². The third kappa shape index (κ3) is 4.11. The summed E-state index contributed by atoms with van der Waals surface area (Å²) in [5.41, 5.74) is 0.855. The van der Waals surface area contributed by atoms with E-state index >= 15 is 0 Å². The summed E-state index contributed by atoms with van der Waals surface area (Å²) in [5.74, 6) is 0.509. The molecule has 0 spiro atoms. The number of carbonyl (C=O) groups is 2. The summed E-state index contributed by atoms with van der Waals surface area (Å²) in [6.45, 7) is 4.54. The molecule has 0 aromatic heterocycles. The Balaban J connectivity index is 2.09. The summed E-state index contributed by atoms with van der Waals surface area (Å²) < 4.78 is 10.5. The number of amides is 2. The van der Waals surface area contributed by atoms with Crippen molar-refractivity contribution >= 4 is 29.0 Å². The quantitative estimate of drug-likeness (QED) is 0.753. The predicted octanol–water partition coefficient (Wildman–Crippen LogP) is 3.16. The maximum absolute atomic E-state index is 12.2. The SMILES string of the molecule is COCCN1C(=O)S/C(=C/c2ccc(OC(C)C)cc2)C1=O. The van der Waals surface area contributed by atoms with Gasteiger partial charge in [0.25, 0.3) is 11.1 Å². The Morgan fingerprint density at radius 1 is 1.23 bits per heavy atom. The molecule has 0 atom stereocenters. The van der Waals surface area contributed by atoms with Gasteiger partial charge in [-0.25, -0.2) is 0 Å².